The summed E-state index contributed by atoms with van der Waals surface area (Å²) < 4.78 is 0. The van der Waals surface area contributed by atoms with Crippen LogP contribution in [-0.2, 0) is 22.6 Å². The van der Waals surface area contributed by atoms with Crippen LogP contribution in [0.3, 0.4) is 0 Å². The van der Waals surface area contributed by atoms with Gasteiger partial charge in [0.15, 0.2) is 0 Å². The van der Waals surface area contributed by atoms with E-state index in [1.807, 2.05) is 73.6 Å². The van der Waals surface area contributed by atoms with Crippen molar-refractivity contribution in [1.82, 2.24) is 10.2 Å². The first-order chi connectivity index (χ1) is 16.8. The zero-order valence-corrected chi connectivity index (χ0v) is 21.1. The second-order valence-corrected chi connectivity index (χ2v) is 9.32. The molecule has 0 bridgehead atoms. The lowest BCUT2D eigenvalue weighted by Crippen LogP contribution is -2.47. The highest BCUT2D eigenvalue weighted by atomic mass is 35.5. The van der Waals surface area contributed by atoms with Gasteiger partial charge in [-0.15, -0.1) is 0 Å². The number of hydrogen-bond donors (Lipinski definition) is 1. The van der Waals surface area contributed by atoms with Crippen molar-refractivity contribution < 1.29 is 9.59 Å². The zero-order valence-electron chi connectivity index (χ0n) is 19.5. The highest BCUT2D eigenvalue weighted by Gasteiger charge is 2.33. The van der Waals surface area contributed by atoms with E-state index in [1.54, 1.807) is 23.1 Å². The first-order valence-electron chi connectivity index (χ1n) is 11.3. The van der Waals surface area contributed by atoms with Gasteiger partial charge in [-0.3, -0.25) is 9.59 Å². The molecule has 0 spiro atoms. The summed E-state index contributed by atoms with van der Waals surface area (Å²) >= 11 is 12.2. The van der Waals surface area contributed by atoms with Crippen molar-refractivity contribution in [2.24, 2.45) is 4.99 Å². The molecule has 0 fully saturated rings. The molecule has 6 nitrogen and oxygen atoms in total. The van der Waals surface area contributed by atoms with Crippen molar-refractivity contribution in [3.8, 4) is 0 Å². The summed E-state index contributed by atoms with van der Waals surface area (Å²) in [6.07, 6.45) is -0.485. The van der Waals surface area contributed by atoms with E-state index in [0.29, 0.717) is 28.8 Å². The van der Waals surface area contributed by atoms with Crippen LogP contribution in [0, 0.1) is 0 Å². The number of rotatable bonds is 6. The molecule has 3 aromatic rings. The number of benzodiazepines with no additional fused rings is 1. The topological polar surface area (TPSA) is 65.0 Å². The van der Waals surface area contributed by atoms with Gasteiger partial charge in [0.1, 0.15) is 5.84 Å². The number of nitrogens with one attached hydrogen (secondary N) is 1. The van der Waals surface area contributed by atoms with E-state index in [-0.39, 0.29) is 18.2 Å². The Balaban J connectivity index is 1.61. The van der Waals surface area contributed by atoms with Gasteiger partial charge in [0.25, 0.3) is 5.91 Å². The van der Waals surface area contributed by atoms with Crippen LogP contribution in [0.25, 0.3) is 0 Å². The second kappa shape index (κ2) is 10.9. The van der Waals surface area contributed by atoms with Gasteiger partial charge >= 0.3 is 0 Å². The maximum atomic E-state index is 13.7. The molecule has 8 heteroatoms. The Kier molecular flexibility index (Phi) is 7.73. The van der Waals surface area contributed by atoms with E-state index >= 15 is 0 Å². The molecule has 1 atom stereocenters. The third kappa shape index (κ3) is 5.84. The third-order valence-electron chi connectivity index (χ3n) is 5.73. The Bertz CT molecular complexity index is 1260. The van der Waals surface area contributed by atoms with Crippen molar-refractivity contribution in [3.63, 3.8) is 0 Å². The van der Waals surface area contributed by atoms with E-state index in [1.165, 1.54) is 0 Å². The molecule has 4 rings (SSSR count). The van der Waals surface area contributed by atoms with Gasteiger partial charge < -0.3 is 15.1 Å². The number of amidine groups is 1. The van der Waals surface area contributed by atoms with Crippen LogP contribution in [0.15, 0.2) is 77.8 Å². The van der Waals surface area contributed by atoms with Gasteiger partial charge in [0, 0.05) is 36.1 Å². The van der Waals surface area contributed by atoms with Crippen LogP contribution in [0.5, 0.6) is 0 Å². The third-order valence-corrected chi connectivity index (χ3v) is 6.32. The van der Waals surface area contributed by atoms with Crippen LogP contribution in [-0.4, -0.2) is 42.8 Å². The second-order valence-electron chi connectivity index (χ2n) is 8.48. The number of carbonyl (C=O) groups excluding carboxylic acids is 2. The quantitative estimate of drug-likeness (QED) is 0.513. The molecular formula is C27H26Cl2N4O2. The molecule has 1 N–H and O–H groups in total. The summed E-state index contributed by atoms with van der Waals surface area (Å²) in [6, 6.07) is 22.6. The Labute approximate surface area is 215 Å². The summed E-state index contributed by atoms with van der Waals surface area (Å²) in [7, 11) is 3.74. The fraction of sp³-hybridized carbons (Fsp3) is 0.222. The SMILES string of the molecule is CN(C)C1=NC(NC(=O)CCc2ccc(Cl)cc2Cl)C(=O)N(Cc2ccccc2)c2ccccc21. The molecule has 1 unspecified atom stereocenters. The van der Waals surface area contributed by atoms with Gasteiger partial charge in [0.2, 0.25) is 12.1 Å². The maximum Gasteiger partial charge on any atom is 0.272 e. The fourth-order valence-electron chi connectivity index (χ4n) is 3.99. The van der Waals surface area contributed by atoms with Crippen LogP contribution in [0.4, 0.5) is 5.69 Å². The fourth-order valence-corrected chi connectivity index (χ4v) is 4.49. The zero-order chi connectivity index (χ0) is 24.9. The molecule has 2 amide bonds. The molecule has 0 saturated carbocycles. The average Bonchev–Trinajstić information content (AvgIpc) is 2.95. The van der Waals surface area contributed by atoms with Crippen molar-refractivity contribution in [1.29, 1.82) is 0 Å². The summed E-state index contributed by atoms with van der Waals surface area (Å²) in [5, 5.41) is 3.88. The van der Waals surface area contributed by atoms with Gasteiger partial charge in [-0.1, -0.05) is 71.7 Å². The van der Waals surface area contributed by atoms with Gasteiger partial charge in [-0.2, -0.15) is 0 Å². The normalized spacial score (nSPS) is 15.2. The monoisotopic (exact) mass is 508 g/mol. The van der Waals surface area contributed by atoms with Gasteiger partial charge in [-0.25, -0.2) is 4.99 Å². The number of aliphatic imine (C=N–C) groups is 1. The molecule has 0 radical (unpaired) electrons. The largest absolute Gasteiger partial charge is 0.362 e. The number of nitrogens with zero attached hydrogens (tertiary/aromatic N) is 3. The molecule has 1 aliphatic heterocycles. The number of anilines is 1. The van der Waals surface area contributed by atoms with Gasteiger partial charge in [-0.05, 0) is 41.8 Å². The number of fused-ring (bicyclic) bond motifs is 1. The maximum absolute atomic E-state index is 13.7. The smallest absolute Gasteiger partial charge is 0.272 e. The minimum absolute atomic E-state index is 0.156. The number of halogens is 2. The highest BCUT2D eigenvalue weighted by Crippen LogP contribution is 2.28. The average molecular weight is 509 g/mol. The summed E-state index contributed by atoms with van der Waals surface area (Å²) in [5.74, 6) is 0.0356. The Morgan fingerprint density at radius 1 is 1.03 bits per heavy atom. The minimum Gasteiger partial charge on any atom is -0.362 e. The van der Waals surface area contributed by atoms with E-state index in [9.17, 15) is 9.59 Å². The van der Waals surface area contributed by atoms with E-state index < -0.39 is 6.17 Å². The Hall–Kier alpha value is -3.35. The van der Waals surface area contributed by atoms with Crippen molar-refractivity contribution >= 4 is 46.5 Å². The lowest BCUT2D eigenvalue weighted by Gasteiger charge is -2.25. The molecule has 3 aromatic carbocycles. The number of amides is 2. The summed E-state index contributed by atoms with van der Waals surface area (Å²) in [5.41, 5.74) is 3.37. The first-order valence-corrected chi connectivity index (χ1v) is 12.0. The van der Waals surface area contributed by atoms with Crippen molar-refractivity contribution in [3.05, 3.63) is 99.5 Å². The van der Waals surface area contributed by atoms with Gasteiger partial charge in [0.05, 0.1) is 12.2 Å². The van der Waals surface area contributed by atoms with Crippen LogP contribution < -0.4 is 10.2 Å². The van der Waals surface area contributed by atoms with Crippen LogP contribution in [0.2, 0.25) is 10.0 Å². The molecule has 0 aliphatic carbocycles. The van der Waals surface area contributed by atoms with E-state index in [4.69, 9.17) is 23.2 Å². The van der Waals surface area contributed by atoms with E-state index in [2.05, 4.69) is 10.3 Å². The summed E-state index contributed by atoms with van der Waals surface area (Å²) in [6.45, 7) is 0.361. The molecular weight excluding hydrogens is 483 g/mol. The molecule has 35 heavy (non-hydrogen) atoms. The standard InChI is InChI=1S/C27H26Cl2N4O2/c1-32(2)26-21-10-6-7-11-23(21)33(17-18-8-4-3-5-9-18)27(35)25(31-26)30-24(34)15-13-19-12-14-20(28)16-22(19)29/h3-12,14,16,25H,13,15,17H2,1-2H3,(H,30,34). The molecule has 180 valence electrons. The first kappa shape index (κ1) is 24.8. The number of benzene rings is 3. The summed E-state index contributed by atoms with van der Waals surface area (Å²) in [4.78, 5) is 34.9. The number of carbonyl (C=O) groups is 2. The van der Waals surface area contributed by atoms with Crippen LogP contribution in [0.1, 0.15) is 23.1 Å². The molecule has 0 saturated heterocycles. The molecule has 0 aromatic heterocycles. The Morgan fingerprint density at radius 2 is 1.74 bits per heavy atom. The van der Waals surface area contributed by atoms with E-state index in [0.717, 1.165) is 22.4 Å². The van der Waals surface area contributed by atoms with Crippen molar-refractivity contribution in [2.45, 2.75) is 25.6 Å². The minimum atomic E-state index is -1.06. The lowest BCUT2D eigenvalue weighted by atomic mass is 10.1. The predicted molar refractivity (Wildman–Crippen MR) is 141 cm³/mol. The molecule has 1 aliphatic rings. The molecule has 1 heterocycles. The lowest BCUT2D eigenvalue weighted by molar-refractivity contribution is -0.127. The predicted octanol–water partition coefficient (Wildman–Crippen LogP) is 4.92. The highest BCUT2D eigenvalue weighted by molar-refractivity contribution is 6.35. The Morgan fingerprint density at radius 3 is 2.46 bits per heavy atom. The number of aryl methyl sites for hydroxylation is 1. The van der Waals surface area contributed by atoms with Crippen LogP contribution >= 0.6 is 23.2 Å². The van der Waals surface area contributed by atoms with Crippen molar-refractivity contribution in [2.75, 3.05) is 19.0 Å². The number of hydrogen-bond acceptors (Lipinski definition) is 4. The number of para-hydroxylation sites is 1.